The zero-order chi connectivity index (χ0) is 24.2. The van der Waals surface area contributed by atoms with Crippen LogP contribution in [0.4, 0.5) is 0 Å². The summed E-state index contributed by atoms with van der Waals surface area (Å²) in [5.74, 6) is -2.38. The molecule has 0 aromatic rings. The van der Waals surface area contributed by atoms with Crippen LogP contribution in [0.2, 0.25) is 0 Å². The van der Waals surface area contributed by atoms with Crippen LogP contribution in [-0.2, 0) is 42.8 Å². The lowest BCUT2D eigenvalue weighted by molar-refractivity contribution is -0.215. The van der Waals surface area contributed by atoms with E-state index in [1.54, 1.807) is 0 Å². The third-order valence-electron chi connectivity index (χ3n) is 4.76. The van der Waals surface area contributed by atoms with Crippen LogP contribution in [0, 0.1) is 0 Å². The highest BCUT2D eigenvalue weighted by Crippen LogP contribution is 2.31. The van der Waals surface area contributed by atoms with E-state index in [4.69, 9.17) is 33.5 Å². The molecular formula is C18H28O14. The number of aliphatic hydroxyl groups excluding tert-OH is 5. The number of carbonyl (C=O) groups is 3. The average molecular weight is 468 g/mol. The normalized spacial score (nSPS) is 36.4. The molecule has 2 saturated heterocycles. The Hall–Kier alpha value is -1.91. The Morgan fingerprint density at radius 1 is 0.875 bits per heavy atom. The van der Waals surface area contributed by atoms with Gasteiger partial charge in [-0.25, -0.2) is 0 Å². The molecule has 0 aromatic carbocycles. The van der Waals surface area contributed by atoms with E-state index in [2.05, 4.69) is 0 Å². The number of hydrogen-bond acceptors (Lipinski definition) is 14. The number of rotatable bonds is 9. The zero-order valence-corrected chi connectivity index (χ0v) is 17.6. The van der Waals surface area contributed by atoms with Crippen LogP contribution in [0.25, 0.3) is 0 Å². The predicted molar refractivity (Wildman–Crippen MR) is 97.3 cm³/mol. The lowest BCUT2D eigenvalue weighted by Crippen LogP contribution is -2.47. The Kier molecular flexibility index (Phi) is 9.29. The summed E-state index contributed by atoms with van der Waals surface area (Å²) in [4.78, 5) is 34.5. The standard InChI is InChI=1S/C18H28O14/c1-6(20)28-10(5-27-18-12(25)11(24)13(32-18)9(23)4-19)14-15(29-7(2)21)16(17(26)31-14)30-8(3)22/h9-19,23-26H,4-5H2,1-3H3/t9-,10?,11-,12-,13+,14?,15+,16-,17-,18-/m1/s1. The minimum atomic E-state index is -1.72. The summed E-state index contributed by atoms with van der Waals surface area (Å²) in [6, 6.07) is 0. The second-order valence-corrected chi connectivity index (χ2v) is 7.32. The summed E-state index contributed by atoms with van der Waals surface area (Å²) in [7, 11) is 0. The van der Waals surface area contributed by atoms with Crippen LogP contribution in [-0.4, -0.2) is 118 Å². The van der Waals surface area contributed by atoms with Gasteiger partial charge >= 0.3 is 17.9 Å². The van der Waals surface area contributed by atoms with Gasteiger partial charge in [-0.1, -0.05) is 0 Å². The van der Waals surface area contributed by atoms with Crippen LogP contribution >= 0.6 is 0 Å². The molecule has 10 atom stereocenters. The van der Waals surface area contributed by atoms with E-state index in [-0.39, 0.29) is 0 Å². The van der Waals surface area contributed by atoms with Gasteiger partial charge in [0, 0.05) is 20.8 Å². The highest BCUT2D eigenvalue weighted by molar-refractivity contribution is 5.68. The van der Waals surface area contributed by atoms with Crippen LogP contribution in [0.1, 0.15) is 20.8 Å². The Balaban J connectivity index is 2.16. The van der Waals surface area contributed by atoms with Crippen molar-refractivity contribution in [2.75, 3.05) is 13.2 Å². The lowest BCUT2D eigenvalue weighted by Gasteiger charge is -2.28. The van der Waals surface area contributed by atoms with Gasteiger partial charge < -0.3 is 54.0 Å². The molecule has 32 heavy (non-hydrogen) atoms. The monoisotopic (exact) mass is 468 g/mol. The highest BCUT2D eigenvalue weighted by Gasteiger charge is 2.53. The molecule has 2 rings (SSSR count). The number of aliphatic hydroxyl groups is 5. The fourth-order valence-corrected chi connectivity index (χ4v) is 3.44. The summed E-state index contributed by atoms with van der Waals surface area (Å²) in [5, 5.41) is 48.9. The first kappa shape index (κ1) is 26.3. The van der Waals surface area contributed by atoms with E-state index in [9.17, 15) is 34.8 Å². The number of hydrogen-bond donors (Lipinski definition) is 5. The van der Waals surface area contributed by atoms with Crippen molar-refractivity contribution in [2.24, 2.45) is 0 Å². The molecule has 2 heterocycles. The molecule has 0 radical (unpaired) electrons. The van der Waals surface area contributed by atoms with Crippen molar-refractivity contribution < 1.29 is 68.3 Å². The summed E-state index contributed by atoms with van der Waals surface area (Å²) in [5.41, 5.74) is 0. The van der Waals surface area contributed by atoms with E-state index in [1.807, 2.05) is 0 Å². The Labute approximate surface area is 182 Å². The van der Waals surface area contributed by atoms with Gasteiger partial charge in [-0.2, -0.15) is 0 Å². The van der Waals surface area contributed by atoms with E-state index < -0.39 is 92.5 Å². The van der Waals surface area contributed by atoms with Gasteiger partial charge in [0.15, 0.2) is 30.9 Å². The maximum atomic E-state index is 11.6. The van der Waals surface area contributed by atoms with E-state index in [0.717, 1.165) is 20.8 Å². The zero-order valence-electron chi connectivity index (χ0n) is 17.6. The fourth-order valence-electron chi connectivity index (χ4n) is 3.44. The number of esters is 3. The van der Waals surface area contributed by atoms with Crippen molar-refractivity contribution in [1.82, 2.24) is 0 Å². The third kappa shape index (κ3) is 6.32. The van der Waals surface area contributed by atoms with Gasteiger partial charge in [0.05, 0.1) is 13.2 Å². The van der Waals surface area contributed by atoms with Gasteiger partial charge in [0.1, 0.15) is 30.5 Å². The van der Waals surface area contributed by atoms with Crippen LogP contribution in [0.5, 0.6) is 0 Å². The second-order valence-electron chi connectivity index (χ2n) is 7.32. The molecule has 0 bridgehead atoms. The molecule has 0 amide bonds. The SMILES string of the molecule is CC(=O)OC(CO[C@@H]1O[C@@H]([C@H](O)CO)[C@H](O)[C@H]1O)C1O[C@@H](O)[C@H](OC(C)=O)[C@H]1OC(C)=O. The molecule has 0 aliphatic carbocycles. The molecule has 2 unspecified atom stereocenters. The van der Waals surface area contributed by atoms with Gasteiger partial charge in [0.25, 0.3) is 0 Å². The summed E-state index contributed by atoms with van der Waals surface area (Å²) in [6.45, 7) is 1.92. The van der Waals surface area contributed by atoms with Gasteiger partial charge in [0.2, 0.25) is 0 Å². The largest absolute Gasteiger partial charge is 0.457 e. The Morgan fingerprint density at radius 2 is 1.47 bits per heavy atom. The van der Waals surface area contributed by atoms with Crippen molar-refractivity contribution >= 4 is 17.9 Å². The number of carbonyl (C=O) groups excluding carboxylic acids is 3. The fraction of sp³-hybridized carbons (Fsp3) is 0.833. The van der Waals surface area contributed by atoms with E-state index in [0.29, 0.717) is 0 Å². The Morgan fingerprint density at radius 3 is 2.00 bits per heavy atom. The molecule has 14 heteroatoms. The molecule has 2 aliphatic rings. The summed E-state index contributed by atoms with van der Waals surface area (Å²) >= 11 is 0. The van der Waals surface area contributed by atoms with Crippen LogP contribution < -0.4 is 0 Å². The molecule has 5 N–H and O–H groups in total. The third-order valence-corrected chi connectivity index (χ3v) is 4.76. The van der Waals surface area contributed by atoms with Crippen molar-refractivity contribution in [3.63, 3.8) is 0 Å². The van der Waals surface area contributed by atoms with Gasteiger partial charge in [-0.15, -0.1) is 0 Å². The quantitative estimate of drug-likeness (QED) is 0.163. The highest BCUT2D eigenvalue weighted by atomic mass is 16.7. The van der Waals surface area contributed by atoms with Crippen molar-refractivity contribution in [1.29, 1.82) is 0 Å². The maximum Gasteiger partial charge on any atom is 0.303 e. The van der Waals surface area contributed by atoms with Crippen molar-refractivity contribution in [2.45, 2.75) is 82.2 Å². The average Bonchev–Trinajstić information content (AvgIpc) is 3.15. The Bertz CT molecular complexity index is 670. The van der Waals surface area contributed by atoms with Gasteiger partial charge in [-0.3, -0.25) is 14.4 Å². The molecule has 14 nitrogen and oxygen atoms in total. The first-order chi connectivity index (χ1) is 15.0. The first-order valence-corrected chi connectivity index (χ1v) is 9.73. The molecule has 184 valence electrons. The van der Waals surface area contributed by atoms with Crippen molar-refractivity contribution in [3.8, 4) is 0 Å². The molecule has 0 aromatic heterocycles. The van der Waals surface area contributed by atoms with Crippen LogP contribution in [0.3, 0.4) is 0 Å². The van der Waals surface area contributed by atoms with Crippen molar-refractivity contribution in [3.05, 3.63) is 0 Å². The second kappa shape index (κ2) is 11.3. The van der Waals surface area contributed by atoms with E-state index in [1.165, 1.54) is 0 Å². The molecule has 2 aliphatic heterocycles. The summed E-state index contributed by atoms with van der Waals surface area (Å²) in [6.07, 6.45) is -14.7. The first-order valence-electron chi connectivity index (χ1n) is 9.73. The minimum absolute atomic E-state index is 0.544. The number of ether oxygens (including phenoxy) is 6. The molecule has 0 spiro atoms. The minimum Gasteiger partial charge on any atom is -0.457 e. The smallest absolute Gasteiger partial charge is 0.303 e. The summed E-state index contributed by atoms with van der Waals surface area (Å²) < 4.78 is 31.1. The lowest BCUT2D eigenvalue weighted by atomic mass is 10.1. The topological polar surface area (TPSA) is 208 Å². The van der Waals surface area contributed by atoms with Crippen LogP contribution in [0.15, 0.2) is 0 Å². The maximum absolute atomic E-state index is 11.6. The van der Waals surface area contributed by atoms with Gasteiger partial charge in [-0.05, 0) is 0 Å². The molecule has 0 saturated carbocycles. The van der Waals surface area contributed by atoms with E-state index >= 15 is 0 Å². The molecular weight excluding hydrogens is 440 g/mol. The molecule has 2 fully saturated rings. The predicted octanol–water partition coefficient (Wildman–Crippen LogP) is -3.68.